The van der Waals surface area contributed by atoms with E-state index in [2.05, 4.69) is 11.5 Å². The largest absolute Gasteiger partial charge is 0.454 e. The molecule has 8 heteroatoms. The summed E-state index contributed by atoms with van der Waals surface area (Å²) in [5.41, 5.74) is 2.84. The molecule has 0 saturated carbocycles. The maximum Gasteiger partial charge on any atom is 0.289 e. The van der Waals surface area contributed by atoms with Crippen LogP contribution in [0.2, 0.25) is 0 Å². The van der Waals surface area contributed by atoms with Crippen molar-refractivity contribution in [3.63, 3.8) is 0 Å². The number of ether oxygens (including phenoxy) is 2. The van der Waals surface area contributed by atoms with Crippen LogP contribution in [0.5, 0.6) is 0 Å². The van der Waals surface area contributed by atoms with E-state index in [4.69, 9.17) is 13.9 Å². The highest BCUT2D eigenvalue weighted by Gasteiger charge is 2.41. The SMILES string of the molecule is CCCN(Cc1cccn1Cc1ccc(C(=O)N2CCC3(CC2)OCCO3)o1)C(=O)c1ccc(C)cc1. The van der Waals surface area contributed by atoms with Gasteiger partial charge in [-0.15, -0.1) is 0 Å². The Kier molecular flexibility index (Phi) is 7.48. The summed E-state index contributed by atoms with van der Waals surface area (Å²) in [4.78, 5) is 29.9. The van der Waals surface area contributed by atoms with Crippen LogP contribution in [0, 0.1) is 6.92 Å². The molecule has 1 spiro atoms. The third-order valence-electron chi connectivity index (χ3n) is 7.18. The average Bonchev–Trinajstić information content (AvgIpc) is 3.67. The monoisotopic (exact) mass is 505 g/mol. The van der Waals surface area contributed by atoms with Crippen molar-refractivity contribution in [2.45, 2.75) is 52.0 Å². The van der Waals surface area contributed by atoms with Gasteiger partial charge in [-0.2, -0.15) is 0 Å². The van der Waals surface area contributed by atoms with E-state index in [-0.39, 0.29) is 11.8 Å². The number of amides is 2. The smallest absolute Gasteiger partial charge is 0.289 e. The number of rotatable bonds is 8. The Hall–Kier alpha value is -3.36. The van der Waals surface area contributed by atoms with Crippen LogP contribution in [0.3, 0.4) is 0 Å². The number of carbonyl (C=O) groups excluding carboxylic acids is 2. The molecule has 2 amide bonds. The molecule has 0 radical (unpaired) electrons. The van der Waals surface area contributed by atoms with Gasteiger partial charge in [0.2, 0.25) is 0 Å². The molecule has 8 nitrogen and oxygen atoms in total. The number of furan rings is 1. The van der Waals surface area contributed by atoms with Crippen molar-refractivity contribution in [2.24, 2.45) is 0 Å². The second kappa shape index (κ2) is 10.9. The topological polar surface area (TPSA) is 77.2 Å². The quantitative estimate of drug-likeness (QED) is 0.452. The number of hydrogen-bond donors (Lipinski definition) is 0. The first-order valence-corrected chi connectivity index (χ1v) is 13.1. The third kappa shape index (κ3) is 5.65. The highest BCUT2D eigenvalue weighted by atomic mass is 16.7. The summed E-state index contributed by atoms with van der Waals surface area (Å²) in [6.45, 7) is 8.15. The molecule has 4 heterocycles. The van der Waals surface area contributed by atoms with E-state index in [0.717, 1.165) is 17.7 Å². The lowest BCUT2D eigenvalue weighted by atomic mass is 10.0. The summed E-state index contributed by atoms with van der Waals surface area (Å²) >= 11 is 0. The minimum Gasteiger partial charge on any atom is -0.454 e. The number of aryl methyl sites for hydroxylation is 1. The molecule has 2 aromatic heterocycles. The number of carbonyl (C=O) groups is 2. The minimum absolute atomic E-state index is 0.0252. The van der Waals surface area contributed by atoms with Crippen molar-refractivity contribution in [1.29, 1.82) is 0 Å². The van der Waals surface area contributed by atoms with Gasteiger partial charge in [0, 0.05) is 49.9 Å². The second-order valence-corrected chi connectivity index (χ2v) is 9.89. The first-order chi connectivity index (χ1) is 18.0. The standard InChI is InChI=1S/C29H35N3O5/c1-3-14-32(27(33)23-8-6-22(2)7-9-23)20-24-5-4-15-31(24)21-25-10-11-26(37-25)28(34)30-16-12-29(13-17-30)35-18-19-36-29/h4-11,15H,3,12-14,16-21H2,1-2H3. The molecule has 5 rings (SSSR count). The number of hydrogen-bond acceptors (Lipinski definition) is 5. The van der Waals surface area contributed by atoms with Gasteiger partial charge in [-0.25, -0.2) is 0 Å². The fraction of sp³-hybridized carbons (Fsp3) is 0.448. The summed E-state index contributed by atoms with van der Waals surface area (Å²) in [6.07, 6.45) is 4.20. The molecule has 0 aliphatic carbocycles. The van der Waals surface area contributed by atoms with Gasteiger partial charge in [0.15, 0.2) is 11.5 Å². The van der Waals surface area contributed by atoms with Crippen molar-refractivity contribution in [1.82, 2.24) is 14.4 Å². The summed E-state index contributed by atoms with van der Waals surface area (Å²) in [5, 5.41) is 0. The molecule has 0 N–H and O–H groups in total. The van der Waals surface area contributed by atoms with Crippen LogP contribution < -0.4 is 0 Å². The molecule has 3 aromatic rings. The van der Waals surface area contributed by atoms with Gasteiger partial charge in [-0.3, -0.25) is 9.59 Å². The van der Waals surface area contributed by atoms with E-state index in [1.165, 1.54) is 0 Å². The van der Waals surface area contributed by atoms with Crippen molar-refractivity contribution < 1.29 is 23.5 Å². The maximum atomic E-state index is 13.2. The number of aromatic nitrogens is 1. The molecule has 2 saturated heterocycles. The number of piperidine rings is 1. The zero-order valence-electron chi connectivity index (χ0n) is 21.7. The van der Waals surface area contributed by atoms with Crippen molar-refractivity contribution in [3.8, 4) is 0 Å². The van der Waals surface area contributed by atoms with Crippen LogP contribution in [0.4, 0.5) is 0 Å². The van der Waals surface area contributed by atoms with Crippen LogP contribution >= 0.6 is 0 Å². The predicted octanol–water partition coefficient (Wildman–Crippen LogP) is 4.47. The lowest BCUT2D eigenvalue weighted by Gasteiger charge is -2.37. The lowest BCUT2D eigenvalue weighted by Crippen LogP contribution is -2.47. The van der Waals surface area contributed by atoms with E-state index in [1.807, 2.05) is 60.5 Å². The Balaban J connectivity index is 1.22. The Morgan fingerprint density at radius 3 is 2.43 bits per heavy atom. The van der Waals surface area contributed by atoms with Crippen LogP contribution in [-0.2, 0) is 22.6 Å². The summed E-state index contributed by atoms with van der Waals surface area (Å²) in [7, 11) is 0. The van der Waals surface area contributed by atoms with E-state index in [0.29, 0.717) is 75.9 Å². The first kappa shape index (κ1) is 25.3. The predicted molar refractivity (Wildman–Crippen MR) is 138 cm³/mol. The van der Waals surface area contributed by atoms with Crippen LogP contribution in [-0.4, -0.2) is 64.8 Å². The van der Waals surface area contributed by atoms with Crippen molar-refractivity contribution in [2.75, 3.05) is 32.8 Å². The Bertz CT molecular complexity index is 1210. The van der Waals surface area contributed by atoms with Crippen LogP contribution in [0.25, 0.3) is 0 Å². The summed E-state index contributed by atoms with van der Waals surface area (Å²) < 4.78 is 19.6. The van der Waals surface area contributed by atoms with Gasteiger partial charge in [-0.05, 0) is 49.7 Å². The normalized spacial score (nSPS) is 16.9. The highest BCUT2D eigenvalue weighted by molar-refractivity contribution is 5.94. The van der Waals surface area contributed by atoms with Crippen molar-refractivity contribution >= 4 is 11.8 Å². The Morgan fingerprint density at radius 2 is 1.73 bits per heavy atom. The molecule has 2 aliphatic rings. The Morgan fingerprint density at radius 1 is 1.00 bits per heavy atom. The van der Waals surface area contributed by atoms with E-state index < -0.39 is 5.79 Å². The summed E-state index contributed by atoms with van der Waals surface area (Å²) in [6, 6.07) is 15.3. The Labute approximate surface area is 217 Å². The maximum absolute atomic E-state index is 13.2. The van der Waals surface area contributed by atoms with Gasteiger partial charge in [0.1, 0.15) is 5.76 Å². The minimum atomic E-state index is -0.511. The first-order valence-electron chi connectivity index (χ1n) is 13.1. The fourth-order valence-corrected chi connectivity index (χ4v) is 5.08. The number of benzene rings is 1. The van der Waals surface area contributed by atoms with Gasteiger partial charge in [0.05, 0.1) is 26.3 Å². The highest BCUT2D eigenvalue weighted by Crippen LogP contribution is 2.32. The average molecular weight is 506 g/mol. The zero-order chi connectivity index (χ0) is 25.8. The molecule has 0 unspecified atom stereocenters. The molecule has 196 valence electrons. The van der Waals surface area contributed by atoms with E-state index >= 15 is 0 Å². The van der Waals surface area contributed by atoms with Gasteiger partial charge < -0.3 is 28.3 Å². The lowest BCUT2D eigenvalue weighted by molar-refractivity contribution is -0.181. The second-order valence-electron chi connectivity index (χ2n) is 9.89. The van der Waals surface area contributed by atoms with Crippen LogP contribution in [0.15, 0.2) is 59.1 Å². The van der Waals surface area contributed by atoms with E-state index in [1.54, 1.807) is 11.0 Å². The van der Waals surface area contributed by atoms with Gasteiger partial charge in [-0.1, -0.05) is 24.6 Å². The number of likely N-dealkylation sites (tertiary alicyclic amines) is 1. The zero-order valence-corrected chi connectivity index (χ0v) is 21.7. The molecule has 37 heavy (non-hydrogen) atoms. The molecule has 0 bridgehead atoms. The van der Waals surface area contributed by atoms with Gasteiger partial charge in [0.25, 0.3) is 11.8 Å². The molecular formula is C29H35N3O5. The third-order valence-corrected chi connectivity index (χ3v) is 7.18. The molecular weight excluding hydrogens is 470 g/mol. The molecule has 2 aliphatic heterocycles. The molecule has 0 atom stereocenters. The van der Waals surface area contributed by atoms with Crippen molar-refractivity contribution in [3.05, 3.63) is 83.1 Å². The molecule has 1 aromatic carbocycles. The van der Waals surface area contributed by atoms with E-state index in [9.17, 15) is 9.59 Å². The molecule has 2 fully saturated rings. The fourth-order valence-electron chi connectivity index (χ4n) is 5.08. The summed E-state index contributed by atoms with van der Waals surface area (Å²) in [5.74, 6) is 0.447. The van der Waals surface area contributed by atoms with Gasteiger partial charge >= 0.3 is 0 Å². The number of nitrogens with zero attached hydrogens (tertiary/aromatic N) is 3. The van der Waals surface area contributed by atoms with Crippen LogP contribution in [0.1, 0.15) is 64.1 Å².